The van der Waals surface area contributed by atoms with E-state index in [-0.39, 0.29) is 0 Å². The summed E-state index contributed by atoms with van der Waals surface area (Å²) >= 11 is 7.69. The molecule has 0 amide bonds. The molecule has 4 rings (SSSR count). The van der Waals surface area contributed by atoms with Crippen LogP contribution in [0.2, 0.25) is 5.02 Å². The van der Waals surface area contributed by atoms with Crippen LogP contribution in [-0.4, -0.2) is 25.0 Å². The van der Waals surface area contributed by atoms with Crippen molar-refractivity contribution >= 4 is 23.4 Å². The monoisotopic (exact) mass is 383 g/mol. The van der Waals surface area contributed by atoms with Gasteiger partial charge in [-0.25, -0.2) is 0 Å². The molecule has 2 heterocycles. The van der Waals surface area contributed by atoms with Crippen LogP contribution in [0.25, 0.3) is 17.1 Å². The molecule has 0 aliphatic heterocycles. The maximum absolute atomic E-state index is 6.22. The zero-order valence-corrected chi connectivity index (χ0v) is 15.4. The normalized spacial score (nSPS) is 11.0. The number of aromatic nitrogens is 5. The molecule has 6 nitrogen and oxygen atoms in total. The second-order valence-electron chi connectivity index (χ2n) is 5.57. The van der Waals surface area contributed by atoms with Crippen LogP contribution >= 0.6 is 23.4 Å². The Morgan fingerprint density at radius 1 is 1.08 bits per heavy atom. The predicted molar refractivity (Wildman–Crippen MR) is 100 cm³/mol. The Balaban J connectivity index is 1.50. The minimum Gasteiger partial charge on any atom is -0.420 e. The highest BCUT2D eigenvalue weighted by atomic mass is 35.5. The van der Waals surface area contributed by atoms with E-state index in [0.717, 1.165) is 22.0 Å². The van der Waals surface area contributed by atoms with Gasteiger partial charge in [-0.2, -0.15) is 0 Å². The number of hydrogen-bond acceptors (Lipinski definition) is 6. The zero-order valence-electron chi connectivity index (χ0n) is 13.8. The molecule has 4 aromatic rings. The highest BCUT2D eigenvalue weighted by molar-refractivity contribution is 7.98. The van der Waals surface area contributed by atoms with Crippen LogP contribution in [0.3, 0.4) is 0 Å². The van der Waals surface area contributed by atoms with Gasteiger partial charge in [0.25, 0.3) is 0 Å². The first kappa shape index (κ1) is 16.8. The van der Waals surface area contributed by atoms with Crippen LogP contribution in [0.15, 0.2) is 64.4 Å². The van der Waals surface area contributed by atoms with Crippen LogP contribution in [0, 0.1) is 6.92 Å². The van der Waals surface area contributed by atoms with Gasteiger partial charge in [0.15, 0.2) is 5.16 Å². The van der Waals surface area contributed by atoms with Crippen molar-refractivity contribution in [1.29, 1.82) is 0 Å². The van der Waals surface area contributed by atoms with Gasteiger partial charge in [0, 0.05) is 10.6 Å². The Kier molecular flexibility index (Phi) is 4.73. The van der Waals surface area contributed by atoms with E-state index in [4.69, 9.17) is 16.0 Å². The molecule has 0 saturated heterocycles. The maximum atomic E-state index is 6.22. The third kappa shape index (κ3) is 3.49. The first-order valence-corrected chi connectivity index (χ1v) is 9.24. The van der Waals surface area contributed by atoms with Crippen molar-refractivity contribution in [1.82, 2.24) is 25.0 Å². The molecule has 0 saturated carbocycles. The third-order valence-electron chi connectivity index (χ3n) is 3.76. The van der Waals surface area contributed by atoms with Crippen LogP contribution < -0.4 is 0 Å². The molecule has 0 atom stereocenters. The Hall–Kier alpha value is -2.64. The summed E-state index contributed by atoms with van der Waals surface area (Å²) in [7, 11) is 0. The fraction of sp³-hybridized carbons (Fsp3) is 0.111. The van der Waals surface area contributed by atoms with Gasteiger partial charge >= 0.3 is 0 Å². The van der Waals surface area contributed by atoms with Crippen LogP contribution in [0.5, 0.6) is 0 Å². The minimum absolute atomic E-state index is 0.498. The van der Waals surface area contributed by atoms with Crippen LogP contribution in [0.1, 0.15) is 11.5 Å². The standard InChI is InChI=1S/C18H14ClN5OS/c1-12-7-8-14(9-15(12)19)24-11-20-23-18(24)26-10-16-21-22-17(25-16)13-5-3-2-4-6-13/h2-9,11H,10H2,1H3. The number of halogens is 1. The molecule has 0 spiro atoms. The van der Waals surface area contributed by atoms with Crippen molar-refractivity contribution in [2.75, 3.05) is 0 Å². The van der Waals surface area contributed by atoms with Gasteiger partial charge < -0.3 is 4.42 Å². The Morgan fingerprint density at radius 3 is 2.73 bits per heavy atom. The van der Waals surface area contributed by atoms with E-state index in [9.17, 15) is 0 Å². The summed E-state index contributed by atoms with van der Waals surface area (Å²) in [5.74, 6) is 1.54. The number of benzene rings is 2. The molecule has 2 aromatic carbocycles. The van der Waals surface area contributed by atoms with Gasteiger partial charge in [0.2, 0.25) is 11.8 Å². The van der Waals surface area contributed by atoms with Crippen molar-refractivity contribution in [2.45, 2.75) is 17.8 Å². The van der Waals surface area contributed by atoms with Crippen molar-refractivity contribution in [2.24, 2.45) is 0 Å². The van der Waals surface area contributed by atoms with Gasteiger partial charge in [-0.1, -0.05) is 47.6 Å². The number of hydrogen-bond donors (Lipinski definition) is 0. The van der Waals surface area contributed by atoms with Crippen molar-refractivity contribution in [3.63, 3.8) is 0 Å². The lowest BCUT2D eigenvalue weighted by Gasteiger charge is -2.07. The highest BCUT2D eigenvalue weighted by Gasteiger charge is 2.12. The molecular formula is C18H14ClN5OS. The predicted octanol–water partition coefficient (Wildman–Crippen LogP) is 4.57. The fourth-order valence-corrected chi connectivity index (χ4v) is 3.31. The SMILES string of the molecule is Cc1ccc(-n2cnnc2SCc2nnc(-c3ccccc3)o2)cc1Cl. The molecule has 8 heteroatoms. The van der Waals surface area contributed by atoms with Crippen molar-refractivity contribution < 1.29 is 4.42 Å². The molecule has 0 radical (unpaired) electrons. The van der Waals surface area contributed by atoms with Gasteiger partial charge in [0.1, 0.15) is 6.33 Å². The van der Waals surface area contributed by atoms with Crippen LogP contribution in [0.4, 0.5) is 0 Å². The summed E-state index contributed by atoms with van der Waals surface area (Å²) < 4.78 is 7.61. The summed E-state index contributed by atoms with van der Waals surface area (Å²) in [4.78, 5) is 0. The minimum atomic E-state index is 0.498. The second-order valence-corrected chi connectivity index (χ2v) is 6.92. The van der Waals surface area contributed by atoms with E-state index in [1.807, 2.05) is 60.0 Å². The quantitative estimate of drug-likeness (QED) is 0.470. The van der Waals surface area contributed by atoms with Crippen molar-refractivity contribution in [3.05, 3.63) is 71.3 Å². The van der Waals surface area contributed by atoms with Gasteiger partial charge in [0.05, 0.1) is 11.4 Å². The molecule has 0 bridgehead atoms. The number of thioether (sulfide) groups is 1. The van der Waals surface area contributed by atoms with E-state index in [0.29, 0.717) is 22.6 Å². The maximum Gasteiger partial charge on any atom is 0.247 e. The van der Waals surface area contributed by atoms with Crippen LogP contribution in [-0.2, 0) is 5.75 Å². The van der Waals surface area contributed by atoms with Gasteiger partial charge in [-0.05, 0) is 36.8 Å². The van der Waals surface area contributed by atoms with Gasteiger partial charge in [-0.3, -0.25) is 4.57 Å². The lowest BCUT2D eigenvalue weighted by atomic mass is 10.2. The molecular weight excluding hydrogens is 370 g/mol. The third-order valence-corrected chi connectivity index (χ3v) is 5.10. The van der Waals surface area contributed by atoms with E-state index in [1.54, 1.807) is 6.33 Å². The molecule has 0 aliphatic rings. The first-order valence-electron chi connectivity index (χ1n) is 7.88. The Morgan fingerprint density at radius 2 is 1.92 bits per heavy atom. The average Bonchev–Trinajstić information content (AvgIpc) is 3.32. The number of aryl methyl sites for hydroxylation is 1. The van der Waals surface area contributed by atoms with E-state index < -0.39 is 0 Å². The smallest absolute Gasteiger partial charge is 0.247 e. The van der Waals surface area contributed by atoms with E-state index >= 15 is 0 Å². The zero-order chi connectivity index (χ0) is 17.9. The summed E-state index contributed by atoms with van der Waals surface area (Å²) in [6.07, 6.45) is 1.66. The first-order chi connectivity index (χ1) is 12.7. The molecule has 2 aromatic heterocycles. The fourth-order valence-electron chi connectivity index (χ4n) is 2.37. The Bertz CT molecular complexity index is 1030. The molecule has 26 heavy (non-hydrogen) atoms. The summed E-state index contributed by atoms with van der Waals surface area (Å²) in [6.45, 7) is 1.97. The van der Waals surface area contributed by atoms with Crippen molar-refractivity contribution in [3.8, 4) is 17.1 Å². The summed E-state index contributed by atoms with van der Waals surface area (Å²) in [5.41, 5.74) is 2.83. The second kappa shape index (κ2) is 7.31. The number of rotatable bonds is 5. The van der Waals surface area contributed by atoms with E-state index in [2.05, 4.69) is 20.4 Å². The number of nitrogens with zero attached hydrogens (tertiary/aromatic N) is 5. The highest BCUT2D eigenvalue weighted by Crippen LogP contribution is 2.26. The molecule has 0 N–H and O–H groups in total. The Labute approximate surface area is 159 Å². The average molecular weight is 384 g/mol. The molecule has 0 fully saturated rings. The largest absolute Gasteiger partial charge is 0.420 e. The van der Waals surface area contributed by atoms with Gasteiger partial charge in [-0.15, -0.1) is 20.4 Å². The summed E-state index contributed by atoms with van der Waals surface area (Å²) in [5, 5.41) is 17.8. The molecule has 130 valence electrons. The van der Waals surface area contributed by atoms with E-state index in [1.165, 1.54) is 11.8 Å². The summed E-state index contributed by atoms with van der Waals surface area (Å²) in [6, 6.07) is 15.5. The lowest BCUT2D eigenvalue weighted by molar-refractivity contribution is 0.528. The molecule has 0 unspecified atom stereocenters. The lowest BCUT2D eigenvalue weighted by Crippen LogP contribution is -1.96. The molecule has 0 aliphatic carbocycles. The topological polar surface area (TPSA) is 69.6 Å².